The van der Waals surface area contributed by atoms with Crippen molar-refractivity contribution in [2.75, 3.05) is 13.7 Å². The predicted molar refractivity (Wildman–Crippen MR) is 82.0 cm³/mol. The summed E-state index contributed by atoms with van der Waals surface area (Å²) in [5.41, 5.74) is 1.40. The van der Waals surface area contributed by atoms with Crippen molar-refractivity contribution in [3.8, 4) is 5.95 Å². The molecule has 7 heteroatoms. The lowest BCUT2D eigenvalue weighted by molar-refractivity contribution is 0.0919. The third kappa shape index (κ3) is 3.50. The van der Waals surface area contributed by atoms with Gasteiger partial charge in [-0.1, -0.05) is 0 Å². The third-order valence-corrected chi connectivity index (χ3v) is 3.38. The van der Waals surface area contributed by atoms with E-state index in [-0.39, 0.29) is 17.5 Å². The van der Waals surface area contributed by atoms with E-state index in [9.17, 15) is 9.18 Å². The van der Waals surface area contributed by atoms with Crippen molar-refractivity contribution in [1.29, 1.82) is 0 Å². The van der Waals surface area contributed by atoms with Gasteiger partial charge in [0.05, 0.1) is 18.1 Å². The molecule has 23 heavy (non-hydrogen) atoms. The quantitative estimate of drug-likeness (QED) is 0.685. The first kappa shape index (κ1) is 15.1. The number of nitrogens with zero attached hydrogens (tertiary/aromatic N) is 1. The van der Waals surface area contributed by atoms with Crippen molar-refractivity contribution in [3.63, 3.8) is 0 Å². The van der Waals surface area contributed by atoms with Crippen LogP contribution in [0.2, 0.25) is 0 Å². The number of rotatable bonds is 6. The van der Waals surface area contributed by atoms with E-state index in [2.05, 4.69) is 15.3 Å². The molecule has 1 amide bonds. The number of aromatic amines is 1. The van der Waals surface area contributed by atoms with Gasteiger partial charge in [0.2, 0.25) is 0 Å². The molecule has 0 aliphatic heterocycles. The van der Waals surface area contributed by atoms with Gasteiger partial charge in [0.1, 0.15) is 11.6 Å². The molecule has 0 radical (unpaired) electrons. The molecule has 0 unspecified atom stereocenters. The zero-order valence-electron chi connectivity index (χ0n) is 12.6. The molecule has 0 atom stereocenters. The molecule has 0 aliphatic carbocycles. The average Bonchev–Trinajstić information content (AvgIpc) is 3.17. The lowest BCUT2D eigenvalue weighted by Gasteiger charge is -2.02. The van der Waals surface area contributed by atoms with Crippen LogP contribution in [0, 0.1) is 5.82 Å². The number of imidazole rings is 1. The molecule has 3 rings (SSSR count). The van der Waals surface area contributed by atoms with Crippen LogP contribution in [0.4, 0.5) is 4.39 Å². The van der Waals surface area contributed by atoms with Crippen LogP contribution >= 0.6 is 0 Å². The lowest BCUT2D eigenvalue weighted by atomic mass is 10.3. The Morgan fingerprint density at radius 3 is 3.04 bits per heavy atom. The molecule has 0 fully saturated rings. The maximum atomic E-state index is 13.1. The molecule has 0 aliphatic rings. The topological polar surface area (TPSA) is 80.1 Å². The molecule has 2 aromatic heterocycles. The molecule has 120 valence electrons. The van der Waals surface area contributed by atoms with Crippen LogP contribution in [0.25, 0.3) is 11.0 Å². The maximum Gasteiger partial charge on any atom is 0.287 e. The first-order valence-corrected chi connectivity index (χ1v) is 7.22. The van der Waals surface area contributed by atoms with Gasteiger partial charge < -0.3 is 19.5 Å². The summed E-state index contributed by atoms with van der Waals surface area (Å²) in [5, 5.41) is 2.76. The van der Waals surface area contributed by atoms with Crippen molar-refractivity contribution < 1.29 is 18.3 Å². The van der Waals surface area contributed by atoms with Gasteiger partial charge in [0.25, 0.3) is 11.9 Å². The second-order valence-electron chi connectivity index (χ2n) is 5.03. The number of hydrogen-bond donors (Lipinski definition) is 2. The number of carbonyl (C=O) groups is 1. The second kappa shape index (κ2) is 6.51. The van der Waals surface area contributed by atoms with E-state index in [1.54, 1.807) is 18.2 Å². The number of ether oxygens (including phenoxy) is 1. The third-order valence-electron chi connectivity index (χ3n) is 3.38. The van der Waals surface area contributed by atoms with E-state index < -0.39 is 0 Å². The average molecular weight is 317 g/mol. The number of furan rings is 1. The van der Waals surface area contributed by atoms with Gasteiger partial charge in [-0.3, -0.25) is 4.79 Å². The number of fused-ring (bicyclic) bond motifs is 1. The van der Waals surface area contributed by atoms with Gasteiger partial charge in [-0.15, -0.1) is 0 Å². The second-order valence-corrected chi connectivity index (χ2v) is 5.03. The van der Waals surface area contributed by atoms with Crippen molar-refractivity contribution in [2.45, 2.75) is 12.8 Å². The van der Waals surface area contributed by atoms with Crippen molar-refractivity contribution in [1.82, 2.24) is 15.3 Å². The van der Waals surface area contributed by atoms with Crippen LogP contribution in [0.15, 0.2) is 34.7 Å². The summed E-state index contributed by atoms with van der Waals surface area (Å²) in [6, 6.07) is 7.57. The minimum atomic E-state index is -0.297. The number of aromatic nitrogens is 2. The zero-order chi connectivity index (χ0) is 16.2. The largest absolute Gasteiger partial charge is 0.468 e. The smallest absolute Gasteiger partial charge is 0.287 e. The van der Waals surface area contributed by atoms with Gasteiger partial charge in [-0.2, -0.15) is 0 Å². The summed E-state index contributed by atoms with van der Waals surface area (Å²) in [7, 11) is 1.47. The summed E-state index contributed by atoms with van der Waals surface area (Å²) < 4.78 is 23.2. The Morgan fingerprint density at radius 1 is 1.39 bits per heavy atom. The minimum absolute atomic E-state index is 0.209. The number of methoxy groups -OCH3 is 1. The molecule has 0 spiro atoms. The van der Waals surface area contributed by atoms with E-state index >= 15 is 0 Å². The molecule has 6 nitrogen and oxygen atoms in total. The van der Waals surface area contributed by atoms with Crippen LogP contribution in [0.5, 0.6) is 5.95 Å². The Morgan fingerprint density at radius 2 is 2.26 bits per heavy atom. The molecular weight excluding hydrogens is 301 g/mol. The van der Waals surface area contributed by atoms with Crippen LogP contribution < -0.4 is 10.1 Å². The van der Waals surface area contributed by atoms with Crippen molar-refractivity contribution >= 4 is 16.9 Å². The highest BCUT2D eigenvalue weighted by atomic mass is 19.1. The number of amides is 1. The van der Waals surface area contributed by atoms with Gasteiger partial charge in [0, 0.05) is 19.0 Å². The van der Waals surface area contributed by atoms with E-state index in [4.69, 9.17) is 9.15 Å². The van der Waals surface area contributed by atoms with Crippen LogP contribution in [-0.2, 0) is 6.42 Å². The van der Waals surface area contributed by atoms with Gasteiger partial charge in [-0.05, 0) is 30.7 Å². The Labute approximate surface area is 131 Å². The Hall–Kier alpha value is -2.83. The fourth-order valence-corrected chi connectivity index (χ4v) is 2.25. The Bertz CT molecular complexity index is 825. The number of nitrogens with one attached hydrogen (secondary N) is 2. The van der Waals surface area contributed by atoms with E-state index in [0.29, 0.717) is 30.8 Å². The SMILES string of the molecule is COc1ccc(C(=O)NCCCc2nc3ccc(F)cc3[nH]2)o1. The van der Waals surface area contributed by atoms with Gasteiger partial charge >= 0.3 is 0 Å². The fraction of sp³-hybridized carbons (Fsp3) is 0.250. The molecule has 0 saturated carbocycles. The van der Waals surface area contributed by atoms with Gasteiger partial charge in [0.15, 0.2) is 5.76 Å². The molecule has 3 aromatic rings. The van der Waals surface area contributed by atoms with Gasteiger partial charge in [-0.25, -0.2) is 9.37 Å². The highest BCUT2D eigenvalue weighted by molar-refractivity contribution is 5.91. The van der Waals surface area contributed by atoms with E-state index in [1.807, 2.05) is 0 Å². The van der Waals surface area contributed by atoms with Crippen LogP contribution in [0.1, 0.15) is 22.8 Å². The molecule has 1 aromatic carbocycles. The first-order chi connectivity index (χ1) is 11.2. The summed E-state index contributed by atoms with van der Waals surface area (Å²) in [5.74, 6) is 0.680. The lowest BCUT2D eigenvalue weighted by Crippen LogP contribution is -2.24. The molecular formula is C16H16FN3O3. The van der Waals surface area contributed by atoms with Crippen molar-refractivity contribution in [2.24, 2.45) is 0 Å². The molecule has 2 heterocycles. The first-order valence-electron chi connectivity index (χ1n) is 7.22. The molecule has 0 saturated heterocycles. The summed E-state index contributed by atoms with van der Waals surface area (Å²) in [6.45, 7) is 0.479. The number of H-pyrrole nitrogens is 1. The predicted octanol–water partition coefficient (Wildman–Crippen LogP) is 2.67. The summed E-state index contributed by atoms with van der Waals surface area (Å²) in [6.07, 6.45) is 1.35. The number of halogens is 1. The van der Waals surface area contributed by atoms with E-state index in [0.717, 1.165) is 11.3 Å². The Balaban J connectivity index is 1.49. The summed E-state index contributed by atoms with van der Waals surface area (Å²) >= 11 is 0. The standard InChI is InChI=1S/C16H16FN3O3/c1-22-15-7-6-13(23-15)16(21)18-8-2-3-14-19-11-5-4-10(17)9-12(11)20-14/h4-7,9H,2-3,8H2,1H3,(H,18,21)(H,19,20). The zero-order valence-corrected chi connectivity index (χ0v) is 12.6. The highest BCUT2D eigenvalue weighted by Crippen LogP contribution is 2.15. The maximum absolute atomic E-state index is 13.1. The highest BCUT2D eigenvalue weighted by Gasteiger charge is 2.11. The van der Waals surface area contributed by atoms with Crippen LogP contribution in [-0.4, -0.2) is 29.5 Å². The number of carbonyl (C=O) groups excluding carboxylic acids is 1. The van der Waals surface area contributed by atoms with Crippen LogP contribution in [0.3, 0.4) is 0 Å². The van der Waals surface area contributed by atoms with Crippen molar-refractivity contribution in [3.05, 3.63) is 47.7 Å². The number of benzene rings is 1. The number of aryl methyl sites for hydroxylation is 1. The minimum Gasteiger partial charge on any atom is -0.468 e. The van der Waals surface area contributed by atoms with E-state index in [1.165, 1.54) is 19.2 Å². The molecule has 2 N–H and O–H groups in total. The summed E-state index contributed by atoms with van der Waals surface area (Å²) in [4.78, 5) is 19.3. The fourth-order valence-electron chi connectivity index (χ4n) is 2.25. The number of hydrogen-bond acceptors (Lipinski definition) is 4. The Kier molecular flexibility index (Phi) is 4.27. The monoisotopic (exact) mass is 317 g/mol. The molecule has 0 bridgehead atoms. The normalized spacial score (nSPS) is 10.9.